The van der Waals surface area contributed by atoms with Crippen LogP contribution in [-0.4, -0.2) is 22.6 Å². The van der Waals surface area contributed by atoms with E-state index in [0.717, 1.165) is 19.4 Å². The van der Waals surface area contributed by atoms with Crippen LogP contribution in [-0.2, 0) is 0 Å². The molecule has 88 valence electrons. The Hall–Kier alpha value is -1.58. The van der Waals surface area contributed by atoms with Gasteiger partial charge in [-0.2, -0.15) is 0 Å². The average molecular weight is 222 g/mol. The van der Waals surface area contributed by atoms with Gasteiger partial charge in [0, 0.05) is 12.7 Å². The predicted molar refractivity (Wildman–Crippen MR) is 63.8 cm³/mol. The molecular formula is C12H18N2O2. The fourth-order valence-electron chi connectivity index (χ4n) is 1.46. The molecule has 0 unspecified atom stereocenters. The van der Waals surface area contributed by atoms with E-state index in [-0.39, 0.29) is 5.56 Å². The molecule has 1 heterocycles. The summed E-state index contributed by atoms with van der Waals surface area (Å²) in [5, 5.41) is 12.0. The monoisotopic (exact) mass is 222 g/mol. The Balaban J connectivity index is 2.50. The summed E-state index contributed by atoms with van der Waals surface area (Å²) in [6.07, 6.45) is 5.21. The molecule has 1 rings (SSSR count). The molecule has 0 amide bonds. The number of carbonyl (C=O) groups is 1. The van der Waals surface area contributed by atoms with Gasteiger partial charge >= 0.3 is 5.97 Å². The van der Waals surface area contributed by atoms with Crippen molar-refractivity contribution < 1.29 is 9.90 Å². The lowest BCUT2D eigenvalue weighted by atomic mass is 10.1. The number of pyridine rings is 1. The van der Waals surface area contributed by atoms with Crippen molar-refractivity contribution in [3.8, 4) is 0 Å². The second kappa shape index (κ2) is 6.10. The predicted octanol–water partition coefficient (Wildman–Crippen LogP) is 2.63. The van der Waals surface area contributed by atoms with Crippen LogP contribution in [0.1, 0.15) is 37.0 Å². The lowest BCUT2D eigenvalue weighted by molar-refractivity contribution is 0.0698. The van der Waals surface area contributed by atoms with E-state index in [0.29, 0.717) is 11.6 Å². The Morgan fingerprint density at radius 1 is 1.56 bits per heavy atom. The molecule has 0 aromatic carbocycles. The third-order valence-electron chi connectivity index (χ3n) is 2.33. The van der Waals surface area contributed by atoms with E-state index >= 15 is 0 Å². The molecule has 0 aliphatic carbocycles. The third-order valence-corrected chi connectivity index (χ3v) is 2.33. The molecule has 4 nitrogen and oxygen atoms in total. The maximum atomic E-state index is 10.9. The highest BCUT2D eigenvalue weighted by Crippen LogP contribution is 2.13. The molecule has 16 heavy (non-hydrogen) atoms. The van der Waals surface area contributed by atoms with Crippen LogP contribution in [0.25, 0.3) is 0 Å². The minimum Gasteiger partial charge on any atom is -0.478 e. The second-order valence-corrected chi connectivity index (χ2v) is 4.19. The molecule has 0 aliphatic heterocycles. The van der Waals surface area contributed by atoms with Gasteiger partial charge in [-0.05, 0) is 24.8 Å². The van der Waals surface area contributed by atoms with Crippen molar-refractivity contribution in [1.82, 2.24) is 4.98 Å². The summed E-state index contributed by atoms with van der Waals surface area (Å²) < 4.78 is 0. The van der Waals surface area contributed by atoms with E-state index < -0.39 is 5.97 Å². The largest absolute Gasteiger partial charge is 0.478 e. The highest BCUT2D eigenvalue weighted by Gasteiger charge is 2.08. The van der Waals surface area contributed by atoms with Crippen LogP contribution in [0.2, 0.25) is 0 Å². The van der Waals surface area contributed by atoms with Crippen molar-refractivity contribution in [2.24, 2.45) is 5.92 Å². The van der Waals surface area contributed by atoms with Gasteiger partial charge in [0.25, 0.3) is 0 Å². The van der Waals surface area contributed by atoms with Crippen molar-refractivity contribution in [3.05, 3.63) is 24.0 Å². The molecule has 0 saturated carbocycles. The minimum atomic E-state index is -0.922. The number of aromatic nitrogens is 1. The van der Waals surface area contributed by atoms with Gasteiger partial charge in [-0.25, -0.2) is 4.79 Å². The SMILES string of the molecule is CC(C)CCCNc1cnccc1C(=O)O. The zero-order valence-corrected chi connectivity index (χ0v) is 9.73. The smallest absolute Gasteiger partial charge is 0.337 e. The molecule has 2 N–H and O–H groups in total. The standard InChI is InChI=1S/C12H18N2O2/c1-9(2)4-3-6-14-11-8-13-7-5-10(11)12(15)16/h5,7-9,14H,3-4,6H2,1-2H3,(H,15,16). The Kier molecular flexibility index (Phi) is 4.76. The van der Waals surface area contributed by atoms with Crippen LogP contribution in [0, 0.1) is 5.92 Å². The fourth-order valence-corrected chi connectivity index (χ4v) is 1.46. The van der Waals surface area contributed by atoms with E-state index in [9.17, 15) is 4.79 Å². The molecule has 0 aliphatic rings. The Morgan fingerprint density at radius 3 is 2.94 bits per heavy atom. The molecular weight excluding hydrogens is 204 g/mol. The van der Waals surface area contributed by atoms with Gasteiger partial charge in [0.05, 0.1) is 17.4 Å². The first kappa shape index (κ1) is 12.5. The first-order valence-corrected chi connectivity index (χ1v) is 5.52. The molecule has 0 fully saturated rings. The number of hydrogen-bond acceptors (Lipinski definition) is 3. The van der Waals surface area contributed by atoms with Gasteiger partial charge in [-0.1, -0.05) is 13.8 Å². The molecule has 4 heteroatoms. The summed E-state index contributed by atoms with van der Waals surface area (Å²) in [5.41, 5.74) is 0.873. The van der Waals surface area contributed by atoms with Crippen LogP contribution < -0.4 is 5.32 Å². The quantitative estimate of drug-likeness (QED) is 0.726. The van der Waals surface area contributed by atoms with E-state index in [2.05, 4.69) is 24.1 Å². The number of carboxylic acid groups (broad SMARTS) is 1. The van der Waals surface area contributed by atoms with E-state index in [1.54, 1.807) is 6.20 Å². The van der Waals surface area contributed by atoms with Gasteiger partial charge in [0.15, 0.2) is 0 Å². The van der Waals surface area contributed by atoms with Gasteiger partial charge in [0.1, 0.15) is 0 Å². The molecule has 1 aromatic heterocycles. The van der Waals surface area contributed by atoms with Crippen molar-refractivity contribution in [3.63, 3.8) is 0 Å². The van der Waals surface area contributed by atoms with Crippen molar-refractivity contribution >= 4 is 11.7 Å². The molecule has 0 atom stereocenters. The number of hydrogen-bond donors (Lipinski definition) is 2. The highest BCUT2D eigenvalue weighted by molar-refractivity contribution is 5.93. The average Bonchev–Trinajstić information content (AvgIpc) is 2.24. The van der Waals surface area contributed by atoms with Gasteiger partial charge in [-0.15, -0.1) is 0 Å². The zero-order valence-electron chi connectivity index (χ0n) is 9.73. The van der Waals surface area contributed by atoms with Crippen LogP contribution in [0.5, 0.6) is 0 Å². The fraction of sp³-hybridized carbons (Fsp3) is 0.500. The molecule has 1 aromatic rings. The minimum absolute atomic E-state index is 0.277. The Morgan fingerprint density at radius 2 is 2.31 bits per heavy atom. The van der Waals surface area contributed by atoms with Crippen LogP contribution in [0.15, 0.2) is 18.5 Å². The number of carboxylic acids is 1. The maximum absolute atomic E-state index is 10.9. The van der Waals surface area contributed by atoms with Gasteiger partial charge < -0.3 is 10.4 Å². The summed E-state index contributed by atoms with van der Waals surface area (Å²) in [6.45, 7) is 5.13. The Bertz CT molecular complexity index is 351. The number of rotatable bonds is 6. The maximum Gasteiger partial charge on any atom is 0.337 e. The Labute approximate surface area is 95.7 Å². The summed E-state index contributed by atoms with van der Waals surface area (Å²) in [4.78, 5) is 14.8. The van der Waals surface area contributed by atoms with Gasteiger partial charge in [0.2, 0.25) is 0 Å². The third kappa shape index (κ3) is 3.88. The van der Waals surface area contributed by atoms with E-state index in [1.807, 2.05) is 0 Å². The molecule has 0 bridgehead atoms. The van der Waals surface area contributed by atoms with Crippen LogP contribution >= 0.6 is 0 Å². The normalized spacial score (nSPS) is 10.4. The van der Waals surface area contributed by atoms with Crippen molar-refractivity contribution in [2.75, 3.05) is 11.9 Å². The van der Waals surface area contributed by atoms with Crippen molar-refractivity contribution in [2.45, 2.75) is 26.7 Å². The number of nitrogens with zero attached hydrogens (tertiary/aromatic N) is 1. The first-order valence-electron chi connectivity index (χ1n) is 5.52. The summed E-state index contributed by atoms with van der Waals surface area (Å²) in [7, 11) is 0. The highest BCUT2D eigenvalue weighted by atomic mass is 16.4. The topological polar surface area (TPSA) is 62.2 Å². The van der Waals surface area contributed by atoms with Crippen LogP contribution in [0.3, 0.4) is 0 Å². The number of nitrogens with one attached hydrogen (secondary N) is 1. The first-order chi connectivity index (χ1) is 7.61. The summed E-state index contributed by atoms with van der Waals surface area (Å²) in [6, 6.07) is 1.51. The number of anilines is 1. The zero-order chi connectivity index (χ0) is 12.0. The van der Waals surface area contributed by atoms with Gasteiger partial charge in [-0.3, -0.25) is 4.98 Å². The summed E-state index contributed by atoms with van der Waals surface area (Å²) in [5.74, 6) is -0.247. The lowest BCUT2D eigenvalue weighted by Gasteiger charge is -2.09. The van der Waals surface area contributed by atoms with E-state index in [4.69, 9.17) is 5.11 Å². The van der Waals surface area contributed by atoms with E-state index in [1.165, 1.54) is 12.3 Å². The summed E-state index contributed by atoms with van der Waals surface area (Å²) >= 11 is 0. The van der Waals surface area contributed by atoms with Crippen LogP contribution in [0.4, 0.5) is 5.69 Å². The second-order valence-electron chi connectivity index (χ2n) is 4.19. The lowest BCUT2D eigenvalue weighted by Crippen LogP contribution is -2.08. The molecule has 0 radical (unpaired) electrons. The number of aromatic carboxylic acids is 1. The molecule has 0 spiro atoms. The molecule has 0 saturated heterocycles. The van der Waals surface area contributed by atoms with Crippen molar-refractivity contribution in [1.29, 1.82) is 0 Å².